The number of amides is 2. The van der Waals surface area contributed by atoms with Gasteiger partial charge in [0.05, 0.1) is 53.0 Å². The molecule has 6 aromatic heterocycles. The smallest absolute Gasteiger partial charge is 0.463 e. The third-order valence-electron chi connectivity index (χ3n) is 15.8. The molecule has 12 rings (SSSR count). The van der Waals surface area contributed by atoms with Gasteiger partial charge in [-0.05, 0) is 97.8 Å². The molecule has 24 nitrogen and oxygen atoms in total. The first-order chi connectivity index (χ1) is 58.6. The van der Waals surface area contributed by atoms with E-state index in [9.17, 15) is 38.4 Å². The van der Waals surface area contributed by atoms with E-state index in [2.05, 4.69) is 97.4 Å². The first kappa shape index (κ1) is 102. The predicted octanol–water partition coefficient (Wildman–Crippen LogP) is 19.2. The van der Waals surface area contributed by atoms with Crippen LogP contribution in [-0.4, -0.2) is 104 Å². The summed E-state index contributed by atoms with van der Waals surface area (Å²) in [4.78, 5) is 117. The number of rotatable bonds is 25. The van der Waals surface area contributed by atoms with Crippen LogP contribution in [0.4, 0.5) is 9.59 Å². The van der Waals surface area contributed by atoms with Crippen LogP contribution in [0.15, 0.2) is 268 Å². The molecule has 2 N–H and O–H groups in total. The zero-order chi connectivity index (χ0) is 87.4. The number of pyridine rings is 6. The van der Waals surface area contributed by atoms with Crippen LogP contribution in [0.25, 0.3) is 67.5 Å². The van der Waals surface area contributed by atoms with Crippen LogP contribution < -0.4 is 39.1 Å². The number of carbonyl (C=O) groups is 8. The Morgan fingerprint density at radius 1 is 0.341 bits per heavy atom. The van der Waals surface area contributed by atoms with Crippen molar-refractivity contribution in [2.45, 2.75) is 108 Å². The van der Waals surface area contributed by atoms with E-state index in [4.69, 9.17) is 37.9 Å². The molecule has 638 valence electrons. The van der Waals surface area contributed by atoms with E-state index < -0.39 is 23.6 Å². The largest absolute Gasteiger partial charge is 3.00 e. The maximum absolute atomic E-state index is 11.9. The Balaban J connectivity index is 0.000000309. The van der Waals surface area contributed by atoms with Crippen molar-refractivity contribution >= 4 is 48.0 Å². The molecule has 0 atom stereocenters. The van der Waals surface area contributed by atoms with Gasteiger partial charge in [0.2, 0.25) is 0 Å². The molecule has 0 saturated heterocycles. The molecule has 0 fully saturated rings. The molecular formula is C97H96Ir2N8O16. The van der Waals surface area contributed by atoms with Crippen LogP contribution in [0.1, 0.15) is 108 Å². The molecule has 26 heteroatoms. The molecular weight excluding hydrogens is 1920 g/mol. The second-order valence-electron chi connectivity index (χ2n) is 25.9. The minimum Gasteiger partial charge on any atom is -0.463 e. The molecule has 0 unspecified atom stereocenters. The monoisotopic (exact) mass is 2010 g/mol. The normalized spacial score (nSPS) is 9.87. The van der Waals surface area contributed by atoms with E-state index in [0.29, 0.717) is 72.2 Å². The molecule has 6 aromatic carbocycles. The number of hydrogen-bond acceptors (Lipinski definition) is 22. The molecule has 12 aromatic rings. The van der Waals surface area contributed by atoms with Gasteiger partial charge in [-0.1, -0.05) is 134 Å². The van der Waals surface area contributed by atoms with Crippen molar-refractivity contribution < 1.29 is 116 Å². The summed E-state index contributed by atoms with van der Waals surface area (Å²) in [5.41, 5.74) is 9.18. The van der Waals surface area contributed by atoms with Crippen LogP contribution in [0.5, 0.6) is 34.5 Å². The number of carbonyl (C=O) groups excluding carboxylic acids is 8. The van der Waals surface area contributed by atoms with Gasteiger partial charge in [-0.2, -0.15) is 0 Å². The molecule has 0 aliphatic rings. The fraction of sp³-hybridized carbons (Fsp3) is 0.216. The number of hydrogen-bond donors (Lipinski definition) is 2. The van der Waals surface area contributed by atoms with Crippen LogP contribution in [-0.2, 0) is 78.5 Å². The SMILES string of the molecule is C=C(C)C(=O)OCCNC(=O)Oc1cc[c-]c(-c2ccccn2)c1.CCC.CCC(=O)Oc1cc[c-]c(-c2ccccn2)c1.CCC(=O)Oc1cc[c-]c(-c2ccccn2)c1.CCC(=O)Oc1cc[c-]c(-c2ccccn2)c1.CCC(=O)Oc1cc[c-]c(-c2ccccn2)c1.CCC(C)(C)C(=O)OCCNC(=O)Oc1cc[c-]c(-c2ccccn2)c1.[Ir+3].[Ir+3]. The van der Waals surface area contributed by atoms with Crippen molar-refractivity contribution in [3.63, 3.8) is 0 Å². The number of esters is 6. The minimum atomic E-state index is -0.639. The van der Waals surface area contributed by atoms with Crippen molar-refractivity contribution in [2.24, 2.45) is 5.41 Å². The Labute approximate surface area is 745 Å². The Bertz CT molecular complexity index is 4810. The van der Waals surface area contributed by atoms with Gasteiger partial charge >= 0.3 is 88.2 Å². The van der Waals surface area contributed by atoms with E-state index in [0.717, 1.165) is 67.5 Å². The molecule has 0 saturated carbocycles. The van der Waals surface area contributed by atoms with Crippen molar-refractivity contribution in [3.8, 4) is 102 Å². The van der Waals surface area contributed by atoms with Gasteiger partial charge in [0.15, 0.2) is 0 Å². The number of benzene rings is 6. The van der Waals surface area contributed by atoms with Gasteiger partial charge in [-0.25, -0.2) is 14.4 Å². The number of aromatic nitrogens is 6. The summed E-state index contributed by atoms with van der Waals surface area (Å²) in [6.45, 7) is 22.3. The van der Waals surface area contributed by atoms with Crippen LogP contribution in [0.2, 0.25) is 0 Å². The van der Waals surface area contributed by atoms with Crippen molar-refractivity contribution in [1.29, 1.82) is 0 Å². The van der Waals surface area contributed by atoms with Gasteiger partial charge in [0.25, 0.3) is 0 Å². The van der Waals surface area contributed by atoms with E-state index in [1.54, 1.807) is 181 Å². The van der Waals surface area contributed by atoms with Crippen molar-refractivity contribution in [2.75, 3.05) is 26.3 Å². The maximum atomic E-state index is 11.9. The van der Waals surface area contributed by atoms with Gasteiger partial charge in [-0.3, -0.25) is 24.0 Å². The quantitative estimate of drug-likeness (QED) is 0.0176. The van der Waals surface area contributed by atoms with Gasteiger partial charge in [0.1, 0.15) is 13.2 Å². The van der Waals surface area contributed by atoms with Crippen LogP contribution >= 0.6 is 0 Å². The zero-order valence-corrected chi connectivity index (χ0v) is 74.7. The molecule has 0 aliphatic carbocycles. The molecule has 2 amide bonds. The van der Waals surface area contributed by atoms with Crippen LogP contribution in [0, 0.1) is 41.8 Å². The molecule has 0 bridgehead atoms. The predicted molar refractivity (Wildman–Crippen MR) is 460 cm³/mol. The Hall–Kier alpha value is -13.4. The fourth-order valence-corrected chi connectivity index (χ4v) is 9.23. The topological polar surface area (TPSA) is 312 Å². The third-order valence-corrected chi connectivity index (χ3v) is 15.8. The fourth-order valence-electron chi connectivity index (χ4n) is 9.23. The number of nitrogens with zero attached hydrogens (tertiary/aromatic N) is 6. The molecule has 0 radical (unpaired) electrons. The van der Waals surface area contributed by atoms with Gasteiger partial charge in [-0.15, -0.1) is 179 Å². The molecule has 0 aliphatic heterocycles. The summed E-state index contributed by atoms with van der Waals surface area (Å²) in [6.07, 6.45) is 12.3. The summed E-state index contributed by atoms with van der Waals surface area (Å²) >= 11 is 0. The van der Waals surface area contributed by atoms with Crippen molar-refractivity contribution in [3.05, 3.63) is 304 Å². The van der Waals surface area contributed by atoms with Crippen LogP contribution in [0.3, 0.4) is 0 Å². The Morgan fingerprint density at radius 2 is 0.561 bits per heavy atom. The third kappa shape index (κ3) is 39.1. The van der Waals surface area contributed by atoms with E-state index in [1.807, 2.05) is 130 Å². The van der Waals surface area contributed by atoms with Gasteiger partial charge in [0, 0.05) is 68.4 Å². The molecule has 6 heterocycles. The van der Waals surface area contributed by atoms with E-state index in [1.165, 1.54) is 6.42 Å². The van der Waals surface area contributed by atoms with Crippen molar-refractivity contribution in [1.82, 2.24) is 40.5 Å². The van der Waals surface area contributed by atoms with E-state index in [-0.39, 0.29) is 96.4 Å². The van der Waals surface area contributed by atoms with Gasteiger partial charge < -0.3 is 78.4 Å². The average molecular weight is 2010 g/mol. The summed E-state index contributed by atoms with van der Waals surface area (Å²) in [5, 5.41) is 5.04. The number of ether oxygens (including phenoxy) is 8. The second-order valence-corrected chi connectivity index (χ2v) is 25.9. The first-order valence-corrected chi connectivity index (χ1v) is 38.9. The Kier molecular flexibility index (Phi) is 47.9. The summed E-state index contributed by atoms with van der Waals surface area (Å²) in [5.74, 6) is 1.08. The molecule has 0 spiro atoms. The Morgan fingerprint density at radius 3 is 0.756 bits per heavy atom. The average Bonchev–Trinajstić information content (AvgIpc) is 0.864. The number of nitrogens with one attached hydrogen (secondary N) is 2. The zero-order valence-electron chi connectivity index (χ0n) is 69.9. The molecule has 123 heavy (non-hydrogen) atoms. The first-order valence-electron chi connectivity index (χ1n) is 38.9. The summed E-state index contributed by atoms with van der Waals surface area (Å²) in [6, 6.07) is 82.7. The minimum absolute atomic E-state index is 0. The summed E-state index contributed by atoms with van der Waals surface area (Å²) in [7, 11) is 0. The summed E-state index contributed by atoms with van der Waals surface area (Å²) < 4.78 is 41.0. The van der Waals surface area contributed by atoms with E-state index >= 15 is 0 Å². The maximum Gasteiger partial charge on any atom is 3.00 e. The standard InChI is InChI=1S/C20H23N2O4.C18H17N2O4.4C14H12NO2.C3H8.2Ir/c1-4-20(2,3)18(23)25-13-12-22-19(24)26-16-9-7-8-15(14-16)17-10-5-6-11-21-17;1-13(2)17(21)23-11-10-20-18(22)24-15-7-5-6-14(12-15)16-8-3-4-9-19-16;4*1-2-14(16)17-12-7-5-6-11(10-12)13-8-3-4-9-15-13;1-3-2;;/h5-7,9-11,14H,4,12-13H2,1-3H3,(H,22,24);3-5,7-9,12H,1,10-11H2,2H3,(H,20,22);4*3-5,7-10H,2H2,1H3;3H2,1-2H3;;/q6*-1;;2*+3. The second kappa shape index (κ2) is 57.7.